The number of amides is 1. The molecule has 4 nitrogen and oxygen atoms in total. The first-order valence-corrected chi connectivity index (χ1v) is 9.16. The minimum absolute atomic E-state index is 0.178. The zero-order chi connectivity index (χ0) is 17.0. The van der Waals surface area contributed by atoms with Crippen molar-refractivity contribution in [1.82, 2.24) is 0 Å². The number of rotatable bonds is 5. The first-order valence-electron chi connectivity index (χ1n) is 7.50. The fourth-order valence-corrected chi connectivity index (χ4v) is 3.62. The molecule has 0 unspecified atom stereocenters. The van der Waals surface area contributed by atoms with Crippen molar-refractivity contribution in [3.05, 3.63) is 59.7 Å². The predicted octanol–water partition coefficient (Wildman–Crippen LogP) is 3.13. The molecule has 0 radical (unpaired) electrons. The third-order valence-electron chi connectivity index (χ3n) is 3.72. The van der Waals surface area contributed by atoms with Crippen LogP contribution in [0.2, 0.25) is 0 Å². The Hall–Kier alpha value is -2.14. The molecule has 2 aromatic carbocycles. The number of carbonyl (C=O) groups is 1. The van der Waals surface area contributed by atoms with Gasteiger partial charge in [-0.15, -0.1) is 0 Å². The van der Waals surface area contributed by atoms with Gasteiger partial charge in [0.25, 0.3) is 0 Å². The molecule has 0 aromatic heterocycles. The molecule has 0 aliphatic heterocycles. The number of carbonyl (C=O) groups excluding carboxylic acids is 1. The number of para-hydroxylation sites is 1. The van der Waals surface area contributed by atoms with Crippen molar-refractivity contribution in [3.8, 4) is 0 Å². The Labute approximate surface area is 137 Å². The normalized spacial score (nSPS) is 11.3. The van der Waals surface area contributed by atoms with E-state index < -0.39 is 21.5 Å². The van der Waals surface area contributed by atoms with Crippen molar-refractivity contribution < 1.29 is 13.2 Å². The Balaban J connectivity index is 2.26. The van der Waals surface area contributed by atoms with Crippen LogP contribution in [0.15, 0.2) is 53.4 Å². The van der Waals surface area contributed by atoms with Crippen LogP contribution in [0.5, 0.6) is 0 Å². The highest BCUT2D eigenvalue weighted by Gasteiger charge is 2.24. The van der Waals surface area contributed by atoms with Crippen LogP contribution in [0.4, 0.5) is 5.69 Å². The van der Waals surface area contributed by atoms with Crippen LogP contribution in [-0.4, -0.2) is 26.6 Å². The molecule has 0 atom stereocenters. The molecule has 0 spiro atoms. The zero-order valence-electron chi connectivity index (χ0n) is 13.6. The van der Waals surface area contributed by atoms with Gasteiger partial charge in [0.1, 0.15) is 5.75 Å². The van der Waals surface area contributed by atoms with E-state index in [9.17, 15) is 13.2 Å². The third kappa shape index (κ3) is 3.99. The van der Waals surface area contributed by atoms with E-state index in [2.05, 4.69) is 0 Å². The third-order valence-corrected chi connectivity index (χ3v) is 5.33. The second kappa shape index (κ2) is 6.96. The summed E-state index contributed by atoms with van der Waals surface area (Å²) in [7, 11) is -3.64. The predicted molar refractivity (Wildman–Crippen MR) is 92.4 cm³/mol. The molecule has 5 heteroatoms. The molecule has 1 amide bonds. The molecule has 2 aromatic rings. The summed E-state index contributed by atoms with van der Waals surface area (Å²) in [5, 5.41) is 0. The number of hydrogen-bond acceptors (Lipinski definition) is 3. The molecular formula is C18H21NO3S. The number of benzene rings is 2. The van der Waals surface area contributed by atoms with Gasteiger partial charge < -0.3 is 4.90 Å². The lowest BCUT2D eigenvalue weighted by Crippen LogP contribution is -2.36. The second-order valence-corrected chi connectivity index (χ2v) is 7.49. The van der Waals surface area contributed by atoms with Crippen LogP contribution in [-0.2, 0) is 14.6 Å². The maximum Gasteiger partial charge on any atom is 0.242 e. The van der Waals surface area contributed by atoms with E-state index in [0.717, 1.165) is 16.8 Å². The number of aryl methyl sites for hydroxylation is 2. The summed E-state index contributed by atoms with van der Waals surface area (Å²) >= 11 is 0. The molecule has 0 heterocycles. The van der Waals surface area contributed by atoms with Crippen LogP contribution in [0.25, 0.3) is 0 Å². The Bertz CT molecular complexity index is 795. The van der Waals surface area contributed by atoms with Crippen molar-refractivity contribution in [1.29, 1.82) is 0 Å². The van der Waals surface area contributed by atoms with Gasteiger partial charge in [0, 0.05) is 12.2 Å². The van der Waals surface area contributed by atoms with Crippen LogP contribution >= 0.6 is 0 Å². The highest BCUT2D eigenvalue weighted by molar-refractivity contribution is 7.92. The maximum atomic E-state index is 12.5. The second-order valence-electron chi connectivity index (χ2n) is 5.50. The van der Waals surface area contributed by atoms with E-state index in [-0.39, 0.29) is 4.90 Å². The van der Waals surface area contributed by atoms with Gasteiger partial charge in [-0.25, -0.2) is 8.42 Å². The van der Waals surface area contributed by atoms with Gasteiger partial charge in [0.05, 0.1) is 4.90 Å². The molecular weight excluding hydrogens is 310 g/mol. The van der Waals surface area contributed by atoms with Gasteiger partial charge in [-0.1, -0.05) is 35.9 Å². The van der Waals surface area contributed by atoms with Gasteiger partial charge in [-0.3, -0.25) is 4.79 Å². The van der Waals surface area contributed by atoms with Crippen molar-refractivity contribution >= 4 is 21.4 Å². The summed E-state index contributed by atoms with van der Waals surface area (Å²) in [6, 6.07) is 14.0. The first kappa shape index (κ1) is 17.2. The monoisotopic (exact) mass is 331 g/mol. The van der Waals surface area contributed by atoms with E-state index in [1.807, 2.05) is 45.0 Å². The van der Waals surface area contributed by atoms with Crippen molar-refractivity contribution in [2.75, 3.05) is 17.2 Å². The standard InChI is InChI=1S/C18H21NO3S/c1-4-19(17-8-6-5-7-15(17)3)18(20)13-23(21,22)16-11-9-14(2)10-12-16/h5-12H,4,13H2,1-3H3. The molecule has 0 fully saturated rings. The minimum Gasteiger partial charge on any atom is -0.312 e. The number of anilines is 1. The molecule has 0 saturated heterocycles. The molecule has 0 aliphatic carbocycles. The zero-order valence-corrected chi connectivity index (χ0v) is 14.4. The van der Waals surface area contributed by atoms with Crippen molar-refractivity contribution in [2.45, 2.75) is 25.7 Å². The quantitative estimate of drug-likeness (QED) is 0.846. The molecule has 0 bridgehead atoms. The fraction of sp³-hybridized carbons (Fsp3) is 0.278. The van der Waals surface area contributed by atoms with Gasteiger partial charge in [-0.2, -0.15) is 0 Å². The summed E-state index contributed by atoms with van der Waals surface area (Å²) in [6.45, 7) is 6.05. The van der Waals surface area contributed by atoms with Crippen LogP contribution < -0.4 is 4.90 Å². The van der Waals surface area contributed by atoms with E-state index in [1.165, 1.54) is 4.90 Å². The molecule has 122 valence electrons. The van der Waals surface area contributed by atoms with Crippen LogP contribution in [0.1, 0.15) is 18.1 Å². The van der Waals surface area contributed by atoms with E-state index in [1.54, 1.807) is 24.3 Å². The van der Waals surface area contributed by atoms with Gasteiger partial charge in [0.2, 0.25) is 5.91 Å². The van der Waals surface area contributed by atoms with E-state index >= 15 is 0 Å². The fourth-order valence-electron chi connectivity index (χ4n) is 2.42. The lowest BCUT2D eigenvalue weighted by Gasteiger charge is -2.23. The Morgan fingerprint density at radius 1 is 1.00 bits per heavy atom. The molecule has 0 saturated carbocycles. The van der Waals surface area contributed by atoms with Gasteiger partial charge in [-0.05, 0) is 44.5 Å². The summed E-state index contributed by atoms with van der Waals surface area (Å²) in [5.41, 5.74) is 2.67. The average Bonchev–Trinajstić information content (AvgIpc) is 2.50. The lowest BCUT2D eigenvalue weighted by molar-refractivity contribution is -0.116. The average molecular weight is 331 g/mol. The van der Waals surface area contributed by atoms with Crippen LogP contribution in [0, 0.1) is 13.8 Å². The van der Waals surface area contributed by atoms with Crippen molar-refractivity contribution in [2.24, 2.45) is 0 Å². The van der Waals surface area contributed by atoms with Gasteiger partial charge in [0.15, 0.2) is 9.84 Å². The smallest absolute Gasteiger partial charge is 0.242 e. The highest BCUT2D eigenvalue weighted by atomic mass is 32.2. The largest absolute Gasteiger partial charge is 0.312 e. The Morgan fingerprint density at radius 3 is 2.17 bits per heavy atom. The Kier molecular flexibility index (Phi) is 5.21. The number of nitrogens with zero attached hydrogens (tertiary/aromatic N) is 1. The lowest BCUT2D eigenvalue weighted by atomic mass is 10.2. The summed E-state index contributed by atoms with van der Waals surface area (Å²) < 4.78 is 24.9. The molecule has 23 heavy (non-hydrogen) atoms. The topological polar surface area (TPSA) is 54.5 Å². The van der Waals surface area contributed by atoms with E-state index in [0.29, 0.717) is 6.54 Å². The maximum absolute atomic E-state index is 12.5. The summed E-state index contributed by atoms with van der Waals surface area (Å²) in [5.74, 6) is -0.944. The van der Waals surface area contributed by atoms with Crippen LogP contribution in [0.3, 0.4) is 0 Å². The first-order chi connectivity index (χ1) is 10.8. The van der Waals surface area contributed by atoms with Gasteiger partial charge >= 0.3 is 0 Å². The minimum atomic E-state index is -3.64. The van der Waals surface area contributed by atoms with E-state index in [4.69, 9.17) is 0 Å². The SMILES string of the molecule is CCN(C(=O)CS(=O)(=O)c1ccc(C)cc1)c1ccccc1C. The number of sulfone groups is 1. The number of hydrogen-bond donors (Lipinski definition) is 0. The molecule has 2 rings (SSSR count). The summed E-state index contributed by atoms with van der Waals surface area (Å²) in [4.78, 5) is 14.2. The highest BCUT2D eigenvalue weighted by Crippen LogP contribution is 2.21. The van der Waals surface area contributed by atoms with Crippen molar-refractivity contribution in [3.63, 3.8) is 0 Å². The molecule has 0 aliphatic rings. The molecule has 0 N–H and O–H groups in total. The summed E-state index contributed by atoms with van der Waals surface area (Å²) in [6.07, 6.45) is 0. The Morgan fingerprint density at radius 2 is 1.61 bits per heavy atom.